The molecule has 0 spiro atoms. The maximum absolute atomic E-state index is 11.4. The van der Waals surface area contributed by atoms with Crippen LogP contribution < -0.4 is 9.64 Å². The van der Waals surface area contributed by atoms with E-state index in [0.717, 1.165) is 42.7 Å². The first-order valence-electron chi connectivity index (χ1n) is 7.93. The minimum absolute atomic E-state index is 0.0350. The maximum atomic E-state index is 11.4. The van der Waals surface area contributed by atoms with Gasteiger partial charge in [0.25, 0.3) is 0 Å². The van der Waals surface area contributed by atoms with Crippen LogP contribution in [0.4, 0.5) is 11.4 Å². The summed E-state index contributed by atoms with van der Waals surface area (Å²) < 4.78 is 6.95. The first-order chi connectivity index (χ1) is 11.5. The number of rotatable bonds is 4. The standard InChI is InChI=1S/C17H21N4O3/c1-12-4-6-20(7-5-12)15-9-17(24-3)16(21(22)23)8-14(15)13-10-18-19(2)11-13/h8-12H,1,4-7H2,2-3H3. The largest absolute Gasteiger partial charge is 0.490 e. The molecule has 0 unspecified atom stereocenters. The molecule has 0 saturated carbocycles. The maximum Gasteiger partial charge on any atom is 0.311 e. The molecule has 0 N–H and O–H groups in total. The number of hydrogen-bond donors (Lipinski definition) is 0. The van der Waals surface area contributed by atoms with Crippen molar-refractivity contribution in [2.24, 2.45) is 13.0 Å². The summed E-state index contributed by atoms with van der Waals surface area (Å²) in [5, 5.41) is 15.6. The zero-order valence-corrected chi connectivity index (χ0v) is 13.9. The number of piperidine rings is 1. The fourth-order valence-electron chi connectivity index (χ4n) is 3.09. The number of anilines is 1. The first-order valence-corrected chi connectivity index (χ1v) is 7.93. The highest BCUT2D eigenvalue weighted by Crippen LogP contribution is 2.41. The highest BCUT2D eigenvalue weighted by Gasteiger charge is 2.25. The van der Waals surface area contributed by atoms with Crippen molar-refractivity contribution in [2.45, 2.75) is 12.8 Å². The molecule has 1 aromatic carbocycles. The van der Waals surface area contributed by atoms with Gasteiger partial charge in [0.05, 0.1) is 18.2 Å². The molecule has 1 aliphatic rings. The van der Waals surface area contributed by atoms with Crippen LogP contribution >= 0.6 is 0 Å². The monoisotopic (exact) mass is 329 g/mol. The topological polar surface area (TPSA) is 73.4 Å². The number of benzene rings is 1. The minimum atomic E-state index is -0.412. The van der Waals surface area contributed by atoms with E-state index in [1.807, 2.05) is 13.2 Å². The van der Waals surface area contributed by atoms with Crippen LogP contribution in [0.1, 0.15) is 12.8 Å². The van der Waals surface area contributed by atoms with Gasteiger partial charge in [0.2, 0.25) is 0 Å². The van der Waals surface area contributed by atoms with Crippen molar-refractivity contribution in [3.8, 4) is 16.9 Å². The van der Waals surface area contributed by atoms with Gasteiger partial charge in [-0.15, -0.1) is 0 Å². The molecule has 1 radical (unpaired) electrons. The predicted octanol–water partition coefficient (Wildman–Crippen LogP) is 3.05. The van der Waals surface area contributed by atoms with Gasteiger partial charge in [-0.3, -0.25) is 14.8 Å². The summed E-state index contributed by atoms with van der Waals surface area (Å²) in [4.78, 5) is 13.2. The smallest absolute Gasteiger partial charge is 0.311 e. The lowest BCUT2D eigenvalue weighted by molar-refractivity contribution is -0.385. The number of methoxy groups -OCH3 is 1. The first kappa shape index (κ1) is 16.3. The zero-order valence-electron chi connectivity index (χ0n) is 13.9. The third-order valence-electron chi connectivity index (χ3n) is 4.46. The van der Waals surface area contributed by atoms with E-state index in [-0.39, 0.29) is 11.4 Å². The van der Waals surface area contributed by atoms with Gasteiger partial charge in [-0.25, -0.2) is 0 Å². The van der Waals surface area contributed by atoms with Crippen LogP contribution in [-0.4, -0.2) is 34.9 Å². The number of aromatic nitrogens is 2. The van der Waals surface area contributed by atoms with Crippen molar-refractivity contribution in [3.63, 3.8) is 0 Å². The van der Waals surface area contributed by atoms with Crippen molar-refractivity contribution >= 4 is 11.4 Å². The molecular formula is C17H21N4O3. The van der Waals surface area contributed by atoms with E-state index in [1.54, 1.807) is 23.0 Å². The Labute approximate surface area is 141 Å². The number of hydrogen-bond acceptors (Lipinski definition) is 5. The molecule has 0 aliphatic carbocycles. The van der Waals surface area contributed by atoms with Gasteiger partial charge in [0.15, 0.2) is 5.75 Å². The summed E-state index contributed by atoms with van der Waals surface area (Å²) in [5.74, 6) is 0.738. The van der Waals surface area contributed by atoms with Crippen LogP contribution in [-0.2, 0) is 7.05 Å². The van der Waals surface area contributed by atoms with Gasteiger partial charge in [-0.1, -0.05) is 6.92 Å². The van der Waals surface area contributed by atoms with E-state index in [9.17, 15) is 10.1 Å². The Bertz CT molecular complexity index is 748. The van der Waals surface area contributed by atoms with Gasteiger partial charge >= 0.3 is 5.69 Å². The fraction of sp³-hybridized carbons (Fsp3) is 0.412. The van der Waals surface area contributed by atoms with E-state index in [2.05, 4.69) is 16.9 Å². The van der Waals surface area contributed by atoms with Crippen LogP contribution in [0.25, 0.3) is 11.1 Å². The Balaban J connectivity index is 2.12. The van der Waals surface area contributed by atoms with Crippen molar-refractivity contribution < 1.29 is 9.66 Å². The lowest BCUT2D eigenvalue weighted by Crippen LogP contribution is -2.33. The van der Waals surface area contributed by atoms with E-state index in [0.29, 0.717) is 5.92 Å². The van der Waals surface area contributed by atoms with Crippen LogP contribution in [0.15, 0.2) is 24.5 Å². The van der Waals surface area contributed by atoms with Gasteiger partial charge in [0.1, 0.15) is 0 Å². The molecule has 1 aliphatic heterocycles. The fourth-order valence-corrected chi connectivity index (χ4v) is 3.09. The lowest BCUT2D eigenvalue weighted by atomic mass is 9.97. The number of nitrogens with zero attached hydrogens (tertiary/aromatic N) is 4. The van der Waals surface area contributed by atoms with Crippen LogP contribution in [0.3, 0.4) is 0 Å². The van der Waals surface area contributed by atoms with E-state index in [4.69, 9.17) is 4.74 Å². The number of ether oxygens (including phenoxy) is 1. The summed E-state index contributed by atoms with van der Waals surface area (Å²) in [5.41, 5.74) is 2.57. The Morgan fingerprint density at radius 2 is 2.08 bits per heavy atom. The molecule has 0 amide bonds. The summed E-state index contributed by atoms with van der Waals surface area (Å²) in [7, 11) is 3.29. The quantitative estimate of drug-likeness (QED) is 0.637. The van der Waals surface area contributed by atoms with Crippen molar-refractivity contribution in [1.82, 2.24) is 9.78 Å². The minimum Gasteiger partial charge on any atom is -0.490 e. The number of nitro groups is 1. The summed E-state index contributed by atoms with van der Waals surface area (Å²) >= 11 is 0. The average molecular weight is 329 g/mol. The number of nitro benzene ring substituents is 1. The van der Waals surface area contributed by atoms with E-state index in [1.165, 1.54) is 7.11 Å². The van der Waals surface area contributed by atoms with Gasteiger partial charge in [0, 0.05) is 55.3 Å². The zero-order chi connectivity index (χ0) is 17.3. The molecule has 0 atom stereocenters. The van der Waals surface area contributed by atoms with E-state index >= 15 is 0 Å². The third kappa shape index (κ3) is 3.06. The van der Waals surface area contributed by atoms with Gasteiger partial charge in [-0.05, 0) is 18.8 Å². The second-order valence-electron chi connectivity index (χ2n) is 6.13. The highest BCUT2D eigenvalue weighted by atomic mass is 16.6. The molecular weight excluding hydrogens is 308 g/mol. The second kappa shape index (κ2) is 6.51. The molecule has 7 nitrogen and oxygen atoms in total. The molecule has 24 heavy (non-hydrogen) atoms. The molecule has 7 heteroatoms. The average Bonchev–Trinajstić information content (AvgIpc) is 3.00. The molecule has 2 heterocycles. The van der Waals surface area contributed by atoms with Crippen LogP contribution in [0.5, 0.6) is 5.75 Å². The molecule has 1 aromatic heterocycles. The Kier molecular flexibility index (Phi) is 4.42. The summed E-state index contributed by atoms with van der Waals surface area (Å²) in [6, 6.07) is 3.35. The van der Waals surface area contributed by atoms with Crippen molar-refractivity contribution in [1.29, 1.82) is 0 Å². The highest BCUT2D eigenvalue weighted by molar-refractivity contribution is 5.82. The van der Waals surface area contributed by atoms with E-state index < -0.39 is 4.92 Å². The summed E-state index contributed by atoms with van der Waals surface area (Å²) in [6.45, 7) is 5.88. The second-order valence-corrected chi connectivity index (χ2v) is 6.13. The molecule has 3 rings (SSSR count). The number of aryl methyl sites for hydroxylation is 1. The molecule has 1 fully saturated rings. The van der Waals surface area contributed by atoms with Crippen LogP contribution in [0, 0.1) is 23.0 Å². The molecule has 127 valence electrons. The summed E-state index contributed by atoms with van der Waals surface area (Å²) in [6.07, 6.45) is 5.60. The third-order valence-corrected chi connectivity index (χ3v) is 4.46. The molecule has 2 aromatic rings. The molecule has 0 bridgehead atoms. The Morgan fingerprint density at radius 3 is 2.62 bits per heavy atom. The van der Waals surface area contributed by atoms with Gasteiger partial charge < -0.3 is 9.64 Å². The van der Waals surface area contributed by atoms with Crippen molar-refractivity contribution in [3.05, 3.63) is 41.6 Å². The normalized spacial score (nSPS) is 15.5. The Hall–Kier alpha value is -2.57. The van der Waals surface area contributed by atoms with Crippen LogP contribution in [0.2, 0.25) is 0 Å². The van der Waals surface area contributed by atoms with Gasteiger partial charge in [-0.2, -0.15) is 5.10 Å². The Morgan fingerprint density at radius 1 is 1.38 bits per heavy atom. The predicted molar refractivity (Wildman–Crippen MR) is 92.1 cm³/mol. The lowest BCUT2D eigenvalue weighted by Gasteiger charge is -2.33. The molecule has 1 saturated heterocycles. The SMILES string of the molecule is [CH2]C1CCN(c2cc(OC)c([N+](=O)[O-])cc2-c2cnn(C)c2)CC1. The van der Waals surface area contributed by atoms with Crippen molar-refractivity contribution in [2.75, 3.05) is 25.1 Å².